The van der Waals surface area contributed by atoms with Gasteiger partial charge in [-0.1, -0.05) is 60.7 Å². The molecule has 3 aromatic rings. The predicted molar refractivity (Wildman–Crippen MR) is 125 cm³/mol. The molecule has 8 nitrogen and oxygen atoms in total. The van der Waals surface area contributed by atoms with Gasteiger partial charge in [0, 0.05) is 0 Å². The zero-order valence-electron chi connectivity index (χ0n) is 19.7. The lowest BCUT2D eigenvalue weighted by Gasteiger charge is -2.30. The molecule has 2 fully saturated rings. The third kappa shape index (κ3) is 5.57. The number of rotatable bonds is 8. The molecule has 0 aliphatic carbocycles. The summed E-state index contributed by atoms with van der Waals surface area (Å²) in [4.78, 5) is 12.8. The quantitative estimate of drug-likeness (QED) is 0.501. The fourth-order valence-electron chi connectivity index (χ4n) is 4.40. The molecule has 1 aromatic heterocycles. The van der Waals surface area contributed by atoms with E-state index < -0.39 is 42.5 Å². The van der Waals surface area contributed by atoms with E-state index in [9.17, 15) is 4.79 Å². The van der Waals surface area contributed by atoms with Crippen LogP contribution < -0.4 is 5.32 Å². The van der Waals surface area contributed by atoms with E-state index in [0.29, 0.717) is 12.4 Å². The molecule has 8 heteroatoms. The number of alkyl carbamates (subject to hydrolysis) is 1. The first kappa shape index (κ1) is 23.6. The van der Waals surface area contributed by atoms with Crippen molar-refractivity contribution in [3.8, 4) is 0 Å². The molecule has 0 saturated carbocycles. The molecule has 3 heterocycles. The summed E-state index contributed by atoms with van der Waals surface area (Å²) in [6.07, 6.45) is -1.34. The van der Waals surface area contributed by atoms with Gasteiger partial charge in [-0.05, 0) is 37.1 Å². The highest BCUT2D eigenvalue weighted by atomic mass is 16.8. The first-order chi connectivity index (χ1) is 17.0. The summed E-state index contributed by atoms with van der Waals surface area (Å²) < 4.78 is 35.8. The van der Waals surface area contributed by atoms with E-state index in [0.717, 1.165) is 11.1 Å². The standard InChI is InChI=1S/C27H29NO7/c1-27(2)34-24-23(31-16-18-10-5-3-6-11-18)22(33-25(24)35-27)21(20-14-9-15-30-20)28-26(29)32-17-19-12-7-4-8-13-19/h3-15,21-25H,16-17H2,1-2H3,(H,28,29)/t21-,22+,23-,24+,25+/m0/s1. The summed E-state index contributed by atoms with van der Waals surface area (Å²) >= 11 is 0. The van der Waals surface area contributed by atoms with Crippen LogP contribution in [0, 0.1) is 0 Å². The summed E-state index contributed by atoms with van der Waals surface area (Å²) in [5.74, 6) is -0.295. The van der Waals surface area contributed by atoms with E-state index in [4.69, 9.17) is 28.1 Å². The maximum absolute atomic E-state index is 12.8. The maximum Gasteiger partial charge on any atom is 0.408 e. The largest absolute Gasteiger partial charge is 0.467 e. The third-order valence-corrected chi connectivity index (χ3v) is 5.98. The Bertz CT molecular complexity index is 1090. The summed E-state index contributed by atoms with van der Waals surface area (Å²) in [5, 5.41) is 2.90. The van der Waals surface area contributed by atoms with Gasteiger partial charge in [0.25, 0.3) is 0 Å². The number of nitrogens with one attached hydrogen (secondary N) is 1. The van der Waals surface area contributed by atoms with Gasteiger partial charge in [-0.2, -0.15) is 0 Å². The molecule has 2 aliphatic rings. The van der Waals surface area contributed by atoms with Crippen molar-refractivity contribution < 1.29 is 32.9 Å². The highest BCUT2D eigenvalue weighted by Gasteiger charge is 2.58. The molecule has 184 valence electrons. The lowest BCUT2D eigenvalue weighted by Crippen LogP contribution is -2.45. The maximum atomic E-state index is 12.8. The van der Waals surface area contributed by atoms with Crippen molar-refractivity contribution in [2.24, 2.45) is 0 Å². The van der Waals surface area contributed by atoms with E-state index in [1.54, 1.807) is 18.4 Å². The predicted octanol–water partition coefficient (Wildman–Crippen LogP) is 4.71. The highest BCUT2D eigenvalue weighted by molar-refractivity contribution is 5.68. The Hall–Kier alpha value is -3.17. The van der Waals surface area contributed by atoms with Gasteiger partial charge in [0.2, 0.25) is 0 Å². The molecule has 0 unspecified atom stereocenters. The van der Waals surface area contributed by atoms with Crippen molar-refractivity contribution in [2.45, 2.75) is 63.5 Å². The van der Waals surface area contributed by atoms with Crippen molar-refractivity contribution in [3.63, 3.8) is 0 Å². The Morgan fingerprint density at radius 3 is 2.29 bits per heavy atom. The van der Waals surface area contributed by atoms with Crippen LogP contribution in [-0.2, 0) is 36.9 Å². The van der Waals surface area contributed by atoms with Crippen LogP contribution in [0.2, 0.25) is 0 Å². The molecule has 1 amide bonds. The molecular formula is C27H29NO7. The first-order valence-corrected chi connectivity index (χ1v) is 11.7. The van der Waals surface area contributed by atoms with E-state index in [1.165, 1.54) is 0 Å². The smallest absolute Gasteiger partial charge is 0.408 e. The van der Waals surface area contributed by atoms with E-state index in [-0.39, 0.29) is 6.61 Å². The van der Waals surface area contributed by atoms with E-state index in [2.05, 4.69) is 5.32 Å². The van der Waals surface area contributed by atoms with Crippen molar-refractivity contribution in [3.05, 3.63) is 95.9 Å². The van der Waals surface area contributed by atoms with Crippen LogP contribution in [0.5, 0.6) is 0 Å². The number of carbonyl (C=O) groups excluding carboxylic acids is 1. The normalized spacial score (nSPS) is 25.7. The van der Waals surface area contributed by atoms with Gasteiger partial charge >= 0.3 is 6.09 Å². The van der Waals surface area contributed by atoms with Crippen LogP contribution >= 0.6 is 0 Å². The lowest BCUT2D eigenvalue weighted by molar-refractivity contribution is -0.223. The average Bonchev–Trinajstić information content (AvgIpc) is 3.57. The van der Waals surface area contributed by atoms with Gasteiger partial charge in [0.05, 0.1) is 12.9 Å². The molecule has 0 bridgehead atoms. The molecule has 1 N–H and O–H groups in total. The average molecular weight is 480 g/mol. The van der Waals surface area contributed by atoms with E-state index in [1.807, 2.05) is 74.5 Å². The zero-order chi connectivity index (χ0) is 24.3. The number of benzene rings is 2. The number of amides is 1. The molecule has 2 aromatic carbocycles. The number of hydrogen-bond acceptors (Lipinski definition) is 7. The molecule has 0 radical (unpaired) electrons. The Kier molecular flexibility index (Phi) is 6.88. The third-order valence-electron chi connectivity index (χ3n) is 5.98. The Balaban J connectivity index is 1.34. The second kappa shape index (κ2) is 10.2. The highest BCUT2D eigenvalue weighted by Crippen LogP contribution is 2.42. The van der Waals surface area contributed by atoms with Crippen LogP contribution in [0.1, 0.15) is 36.8 Å². The molecule has 35 heavy (non-hydrogen) atoms. The lowest BCUT2D eigenvalue weighted by atomic mass is 10.0. The second-order valence-electron chi connectivity index (χ2n) is 9.03. The summed E-state index contributed by atoms with van der Waals surface area (Å²) in [7, 11) is 0. The Morgan fingerprint density at radius 2 is 1.63 bits per heavy atom. The number of hydrogen-bond donors (Lipinski definition) is 1. The van der Waals surface area contributed by atoms with E-state index >= 15 is 0 Å². The molecule has 2 aliphatic heterocycles. The number of carbonyl (C=O) groups is 1. The van der Waals surface area contributed by atoms with Crippen molar-refractivity contribution >= 4 is 6.09 Å². The van der Waals surface area contributed by atoms with Gasteiger partial charge in [-0.25, -0.2) is 4.79 Å². The summed E-state index contributed by atoms with van der Waals surface area (Å²) in [5.41, 5.74) is 1.90. The van der Waals surface area contributed by atoms with Crippen LogP contribution in [0.4, 0.5) is 4.79 Å². The first-order valence-electron chi connectivity index (χ1n) is 11.7. The fraction of sp³-hybridized carbons (Fsp3) is 0.370. The number of ether oxygens (including phenoxy) is 5. The van der Waals surface area contributed by atoms with Crippen LogP contribution in [0.25, 0.3) is 0 Å². The van der Waals surface area contributed by atoms with Crippen molar-refractivity contribution in [1.82, 2.24) is 5.32 Å². The topological polar surface area (TPSA) is 88.4 Å². The zero-order valence-corrected chi connectivity index (χ0v) is 19.7. The summed E-state index contributed by atoms with van der Waals surface area (Å²) in [6, 6.07) is 22.2. The van der Waals surface area contributed by atoms with Crippen LogP contribution in [0.15, 0.2) is 83.5 Å². The van der Waals surface area contributed by atoms with Crippen molar-refractivity contribution in [2.75, 3.05) is 0 Å². The second-order valence-corrected chi connectivity index (χ2v) is 9.03. The van der Waals surface area contributed by atoms with Crippen LogP contribution in [0.3, 0.4) is 0 Å². The van der Waals surface area contributed by atoms with Gasteiger partial charge in [0.15, 0.2) is 12.1 Å². The molecule has 0 spiro atoms. The minimum Gasteiger partial charge on any atom is -0.467 e. The number of fused-ring (bicyclic) bond motifs is 1. The minimum atomic E-state index is -0.809. The molecular weight excluding hydrogens is 450 g/mol. The molecule has 5 rings (SSSR count). The van der Waals surface area contributed by atoms with Gasteiger partial charge < -0.3 is 33.4 Å². The van der Waals surface area contributed by atoms with Crippen molar-refractivity contribution in [1.29, 1.82) is 0 Å². The Morgan fingerprint density at radius 1 is 0.943 bits per heavy atom. The van der Waals surface area contributed by atoms with Crippen LogP contribution in [-0.4, -0.2) is 36.5 Å². The summed E-state index contributed by atoms with van der Waals surface area (Å²) in [6.45, 7) is 4.16. The fourth-order valence-corrected chi connectivity index (χ4v) is 4.40. The van der Waals surface area contributed by atoms with Gasteiger partial charge in [-0.15, -0.1) is 0 Å². The minimum absolute atomic E-state index is 0.142. The van der Waals surface area contributed by atoms with Gasteiger partial charge in [-0.3, -0.25) is 0 Å². The van der Waals surface area contributed by atoms with Gasteiger partial charge in [0.1, 0.15) is 36.7 Å². The monoisotopic (exact) mass is 479 g/mol. The Labute approximate surface area is 204 Å². The molecule has 5 atom stereocenters. The number of furan rings is 1. The SMILES string of the molecule is CC1(C)O[C@H]2O[C@H]([C@@H](NC(=O)OCc3ccccc3)c3ccco3)[C@H](OCc3ccccc3)[C@H]2O1. The molecule has 2 saturated heterocycles.